The van der Waals surface area contributed by atoms with Gasteiger partial charge in [-0.3, -0.25) is 0 Å². The van der Waals surface area contributed by atoms with Gasteiger partial charge in [0.25, 0.3) is 0 Å². The predicted molar refractivity (Wildman–Crippen MR) is 56.1 cm³/mol. The molecular formula is C12H16O2. The van der Waals surface area contributed by atoms with E-state index >= 15 is 0 Å². The first-order valence-electron chi connectivity index (χ1n) is 5.05. The molecule has 0 aromatic heterocycles. The molecule has 1 unspecified atom stereocenters. The summed E-state index contributed by atoms with van der Waals surface area (Å²) in [6.45, 7) is 4.16. The van der Waals surface area contributed by atoms with Crippen LogP contribution in [0.15, 0.2) is 12.1 Å². The molecule has 1 atom stereocenters. The lowest BCUT2D eigenvalue weighted by atomic mass is 10.0. The fraction of sp³-hybridized carbons (Fsp3) is 0.500. The summed E-state index contributed by atoms with van der Waals surface area (Å²) in [6, 6.07) is 4.17. The molecule has 1 aromatic carbocycles. The van der Waals surface area contributed by atoms with Gasteiger partial charge >= 0.3 is 0 Å². The maximum atomic E-state index is 5.76. The van der Waals surface area contributed by atoms with E-state index in [1.54, 1.807) is 7.11 Å². The Hall–Kier alpha value is -1.18. The molecular weight excluding hydrogens is 176 g/mol. The smallest absolute Gasteiger partial charge is 0.123 e. The van der Waals surface area contributed by atoms with E-state index < -0.39 is 0 Å². The minimum atomic E-state index is 0.343. The summed E-state index contributed by atoms with van der Waals surface area (Å²) in [6.07, 6.45) is 2.53. The lowest BCUT2D eigenvalue weighted by molar-refractivity contribution is 0.192. The van der Waals surface area contributed by atoms with Gasteiger partial charge in [0.1, 0.15) is 11.5 Å². The van der Waals surface area contributed by atoms with E-state index in [9.17, 15) is 0 Å². The zero-order valence-corrected chi connectivity index (χ0v) is 8.96. The first-order chi connectivity index (χ1) is 6.70. The van der Waals surface area contributed by atoms with Gasteiger partial charge < -0.3 is 9.47 Å². The number of ether oxygens (including phenoxy) is 2. The molecule has 0 radical (unpaired) electrons. The second-order valence-electron chi connectivity index (χ2n) is 3.90. The van der Waals surface area contributed by atoms with E-state index in [-0.39, 0.29) is 0 Å². The summed E-state index contributed by atoms with van der Waals surface area (Å²) >= 11 is 0. The van der Waals surface area contributed by atoms with E-state index in [0.29, 0.717) is 6.10 Å². The molecule has 0 bridgehead atoms. The maximum absolute atomic E-state index is 5.76. The van der Waals surface area contributed by atoms with Gasteiger partial charge in [0.05, 0.1) is 13.2 Å². The van der Waals surface area contributed by atoms with Gasteiger partial charge in [-0.1, -0.05) is 0 Å². The van der Waals surface area contributed by atoms with Crippen molar-refractivity contribution in [2.75, 3.05) is 7.11 Å². The van der Waals surface area contributed by atoms with E-state index in [4.69, 9.17) is 9.47 Å². The van der Waals surface area contributed by atoms with Gasteiger partial charge in [-0.2, -0.15) is 0 Å². The van der Waals surface area contributed by atoms with Crippen LogP contribution in [-0.2, 0) is 6.42 Å². The Bertz CT molecular complexity index is 344. The molecule has 0 spiro atoms. The van der Waals surface area contributed by atoms with Crippen LogP contribution in [0.4, 0.5) is 0 Å². The van der Waals surface area contributed by atoms with E-state index in [0.717, 1.165) is 29.9 Å². The van der Waals surface area contributed by atoms with Crippen molar-refractivity contribution in [3.8, 4) is 11.5 Å². The number of methoxy groups -OCH3 is 1. The van der Waals surface area contributed by atoms with Gasteiger partial charge in [0.15, 0.2) is 0 Å². The van der Waals surface area contributed by atoms with Crippen molar-refractivity contribution in [2.24, 2.45) is 0 Å². The predicted octanol–water partition coefficient (Wildman–Crippen LogP) is 2.72. The van der Waals surface area contributed by atoms with Crippen molar-refractivity contribution >= 4 is 0 Å². The molecule has 0 aliphatic carbocycles. The second-order valence-corrected chi connectivity index (χ2v) is 3.90. The van der Waals surface area contributed by atoms with Crippen LogP contribution < -0.4 is 9.47 Å². The molecule has 0 saturated carbocycles. The van der Waals surface area contributed by atoms with Crippen LogP contribution in [0.1, 0.15) is 24.5 Å². The first kappa shape index (κ1) is 9.38. The lowest BCUT2D eigenvalue weighted by Crippen LogP contribution is -2.18. The Morgan fingerprint density at radius 1 is 1.43 bits per heavy atom. The van der Waals surface area contributed by atoms with Crippen LogP contribution in [0, 0.1) is 6.92 Å². The molecule has 1 heterocycles. The molecule has 1 aliphatic rings. The van der Waals surface area contributed by atoms with Crippen molar-refractivity contribution < 1.29 is 9.47 Å². The Balaban J connectivity index is 2.40. The maximum Gasteiger partial charge on any atom is 0.123 e. The van der Waals surface area contributed by atoms with Crippen LogP contribution in [0.2, 0.25) is 0 Å². The van der Waals surface area contributed by atoms with Crippen molar-refractivity contribution in [2.45, 2.75) is 32.8 Å². The minimum absolute atomic E-state index is 0.343. The Labute approximate surface area is 84.8 Å². The van der Waals surface area contributed by atoms with Gasteiger partial charge in [-0.05, 0) is 49.9 Å². The molecule has 2 rings (SSSR count). The van der Waals surface area contributed by atoms with Crippen molar-refractivity contribution in [3.05, 3.63) is 23.3 Å². The number of aryl methyl sites for hydroxylation is 2. The van der Waals surface area contributed by atoms with Crippen LogP contribution in [0.5, 0.6) is 11.5 Å². The first-order valence-corrected chi connectivity index (χ1v) is 5.05. The second kappa shape index (κ2) is 3.52. The molecule has 76 valence electrons. The third kappa shape index (κ3) is 1.57. The molecule has 14 heavy (non-hydrogen) atoms. The van der Waals surface area contributed by atoms with Crippen LogP contribution in [0.25, 0.3) is 0 Å². The largest absolute Gasteiger partial charge is 0.496 e. The molecule has 2 nitrogen and oxygen atoms in total. The van der Waals surface area contributed by atoms with Crippen LogP contribution in [-0.4, -0.2) is 13.2 Å². The topological polar surface area (TPSA) is 18.5 Å². The zero-order valence-electron chi connectivity index (χ0n) is 8.96. The average Bonchev–Trinajstić information content (AvgIpc) is 2.16. The van der Waals surface area contributed by atoms with Gasteiger partial charge in [0, 0.05) is 0 Å². The van der Waals surface area contributed by atoms with Crippen molar-refractivity contribution in [1.29, 1.82) is 0 Å². The number of hydrogen-bond donors (Lipinski definition) is 0. The third-order valence-corrected chi connectivity index (χ3v) is 2.73. The molecule has 0 saturated heterocycles. The van der Waals surface area contributed by atoms with Crippen LogP contribution >= 0.6 is 0 Å². The summed E-state index contributed by atoms with van der Waals surface area (Å²) in [4.78, 5) is 0. The van der Waals surface area contributed by atoms with E-state index in [2.05, 4.69) is 19.1 Å². The highest BCUT2D eigenvalue weighted by molar-refractivity contribution is 5.46. The minimum Gasteiger partial charge on any atom is -0.496 e. The summed E-state index contributed by atoms with van der Waals surface area (Å²) < 4.78 is 11.0. The number of hydrogen-bond acceptors (Lipinski definition) is 2. The zero-order chi connectivity index (χ0) is 10.1. The average molecular weight is 192 g/mol. The SMILES string of the molecule is COc1cc2c(cc1C)OC(C)CC2. The molecule has 1 aromatic rings. The standard InChI is InChI=1S/C12H16O2/c1-8-6-12-10(7-11(8)13-3)5-4-9(2)14-12/h6-7,9H,4-5H2,1-3H3. The number of fused-ring (bicyclic) bond motifs is 1. The highest BCUT2D eigenvalue weighted by atomic mass is 16.5. The number of benzene rings is 1. The lowest BCUT2D eigenvalue weighted by Gasteiger charge is -2.24. The molecule has 2 heteroatoms. The summed E-state index contributed by atoms with van der Waals surface area (Å²) in [5.74, 6) is 1.99. The quantitative estimate of drug-likeness (QED) is 0.681. The van der Waals surface area contributed by atoms with E-state index in [1.807, 2.05) is 6.92 Å². The van der Waals surface area contributed by atoms with Gasteiger partial charge in [0.2, 0.25) is 0 Å². The highest BCUT2D eigenvalue weighted by Gasteiger charge is 2.17. The van der Waals surface area contributed by atoms with Gasteiger partial charge in [-0.15, -0.1) is 0 Å². The Kier molecular flexibility index (Phi) is 2.36. The molecule has 0 N–H and O–H groups in total. The molecule has 0 fully saturated rings. The normalized spacial score (nSPS) is 19.8. The third-order valence-electron chi connectivity index (χ3n) is 2.73. The van der Waals surface area contributed by atoms with Gasteiger partial charge in [-0.25, -0.2) is 0 Å². The highest BCUT2D eigenvalue weighted by Crippen LogP contribution is 2.33. The monoisotopic (exact) mass is 192 g/mol. The summed E-state index contributed by atoms with van der Waals surface area (Å²) in [7, 11) is 1.71. The van der Waals surface area contributed by atoms with Crippen molar-refractivity contribution in [3.63, 3.8) is 0 Å². The molecule has 0 amide bonds. The fourth-order valence-corrected chi connectivity index (χ4v) is 1.86. The van der Waals surface area contributed by atoms with Crippen molar-refractivity contribution in [1.82, 2.24) is 0 Å². The Morgan fingerprint density at radius 2 is 2.21 bits per heavy atom. The summed E-state index contributed by atoms with van der Waals surface area (Å²) in [5.41, 5.74) is 2.41. The Morgan fingerprint density at radius 3 is 2.93 bits per heavy atom. The number of rotatable bonds is 1. The fourth-order valence-electron chi connectivity index (χ4n) is 1.86. The van der Waals surface area contributed by atoms with E-state index in [1.165, 1.54) is 5.56 Å². The van der Waals surface area contributed by atoms with Crippen LogP contribution in [0.3, 0.4) is 0 Å². The molecule has 1 aliphatic heterocycles. The summed E-state index contributed by atoms with van der Waals surface area (Å²) in [5, 5.41) is 0.